The van der Waals surface area contributed by atoms with Crippen LogP contribution in [0.3, 0.4) is 0 Å². The lowest BCUT2D eigenvalue weighted by Gasteiger charge is -2.15. The monoisotopic (exact) mass is 303 g/mol. The summed E-state index contributed by atoms with van der Waals surface area (Å²) in [7, 11) is 0. The van der Waals surface area contributed by atoms with Crippen LogP contribution < -0.4 is 5.32 Å². The minimum Gasteiger partial charge on any atom is -0.306 e. The molecule has 18 heavy (non-hydrogen) atoms. The molecule has 0 aliphatic carbocycles. The largest absolute Gasteiger partial charge is 0.306 e. The second-order valence-corrected chi connectivity index (χ2v) is 5.50. The van der Waals surface area contributed by atoms with Gasteiger partial charge in [0.05, 0.1) is 0 Å². The van der Waals surface area contributed by atoms with Crippen LogP contribution in [0, 0.1) is 6.92 Å². The van der Waals surface area contributed by atoms with Gasteiger partial charge in [0, 0.05) is 17.1 Å². The van der Waals surface area contributed by atoms with Crippen LogP contribution in [-0.4, -0.2) is 0 Å². The molecular formula is C16H18BrN. The van der Waals surface area contributed by atoms with Crippen LogP contribution in [0.5, 0.6) is 0 Å². The molecule has 0 saturated carbocycles. The van der Waals surface area contributed by atoms with E-state index in [0.717, 1.165) is 11.0 Å². The summed E-state index contributed by atoms with van der Waals surface area (Å²) in [4.78, 5) is 0. The maximum absolute atomic E-state index is 3.56. The molecule has 1 N–H and O–H groups in total. The van der Waals surface area contributed by atoms with Gasteiger partial charge in [-0.3, -0.25) is 0 Å². The van der Waals surface area contributed by atoms with E-state index in [2.05, 4.69) is 83.6 Å². The summed E-state index contributed by atoms with van der Waals surface area (Å²) >= 11 is 3.51. The zero-order valence-electron chi connectivity index (χ0n) is 10.8. The number of benzene rings is 2. The van der Waals surface area contributed by atoms with E-state index in [9.17, 15) is 0 Å². The molecule has 0 spiro atoms. The van der Waals surface area contributed by atoms with Crippen LogP contribution >= 0.6 is 15.9 Å². The fourth-order valence-corrected chi connectivity index (χ4v) is 2.38. The maximum atomic E-state index is 3.56. The average molecular weight is 304 g/mol. The minimum atomic E-state index is 0.349. The molecule has 0 fully saturated rings. The maximum Gasteiger partial charge on any atom is 0.0295 e. The highest BCUT2D eigenvalue weighted by Gasteiger charge is 2.05. The molecule has 0 aliphatic rings. The molecular weight excluding hydrogens is 286 g/mol. The summed E-state index contributed by atoms with van der Waals surface area (Å²) in [5.74, 6) is 0. The SMILES string of the molecule is Cc1ccccc1CN[C@@H](C)c1cccc(Br)c1. The van der Waals surface area contributed by atoms with Crippen molar-refractivity contribution in [3.05, 3.63) is 69.7 Å². The van der Waals surface area contributed by atoms with Crippen molar-refractivity contribution < 1.29 is 0 Å². The lowest BCUT2D eigenvalue weighted by atomic mass is 10.1. The Kier molecular flexibility index (Phi) is 4.56. The number of hydrogen-bond acceptors (Lipinski definition) is 1. The zero-order valence-corrected chi connectivity index (χ0v) is 12.4. The van der Waals surface area contributed by atoms with Crippen LogP contribution in [0.2, 0.25) is 0 Å². The molecule has 1 nitrogen and oxygen atoms in total. The molecule has 2 heteroatoms. The highest BCUT2D eigenvalue weighted by atomic mass is 79.9. The van der Waals surface area contributed by atoms with Crippen molar-refractivity contribution in [3.8, 4) is 0 Å². The highest BCUT2D eigenvalue weighted by Crippen LogP contribution is 2.18. The predicted octanol–water partition coefficient (Wildman–Crippen LogP) is 4.61. The van der Waals surface area contributed by atoms with E-state index >= 15 is 0 Å². The summed E-state index contributed by atoms with van der Waals surface area (Å²) in [6, 6.07) is 17.3. The zero-order chi connectivity index (χ0) is 13.0. The van der Waals surface area contributed by atoms with Crippen LogP contribution in [-0.2, 0) is 6.54 Å². The van der Waals surface area contributed by atoms with Crippen molar-refractivity contribution in [2.45, 2.75) is 26.4 Å². The molecule has 0 aliphatic heterocycles. The van der Waals surface area contributed by atoms with Crippen LogP contribution in [0.1, 0.15) is 29.7 Å². The smallest absolute Gasteiger partial charge is 0.0295 e. The van der Waals surface area contributed by atoms with Crippen molar-refractivity contribution in [3.63, 3.8) is 0 Å². The van der Waals surface area contributed by atoms with E-state index in [4.69, 9.17) is 0 Å². The number of hydrogen-bond donors (Lipinski definition) is 1. The third kappa shape index (κ3) is 3.44. The fraction of sp³-hybridized carbons (Fsp3) is 0.250. The third-order valence-electron chi connectivity index (χ3n) is 3.21. The van der Waals surface area contributed by atoms with Crippen LogP contribution in [0.25, 0.3) is 0 Å². The molecule has 0 unspecified atom stereocenters. The predicted molar refractivity (Wildman–Crippen MR) is 80.6 cm³/mol. The summed E-state index contributed by atoms with van der Waals surface area (Å²) in [6.07, 6.45) is 0. The van der Waals surface area contributed by atoms with Crippen molar-refractivity contribution >= 4 is 15.9 Å². The van der Waals surface area contributed by atoms with Gasteiger partial charge in [0.1, 0.15) is 0 Å². The summed E-state index contributed by atoms with van der Waals surface area (Å²) in [6.45, 7) is 5.25. The molecule has 2 aromatic rings. The number of halogens is 1. The van der Waals surface area contributed by atoms with Gasteiger partial charge in [0.2, 0.25) is 0 Å². The second kappa shape index (κ2) is 6.17. The van der Waals surface area contributed by atoms with Crippen LogP contribution in [0.15, 0.2) is 53.0 Å². The Balaban J connectivity index is 2.00. The molecule has 0 radical (unpaired) electrons. The van der Waals surface area contributed by atoms with E-state index in [0.29, 0.717) is 6.04 Å². The Hall–Kier alpha value is -1.12. The van der Waals surface area contributed by atoms with Crippen molar-refractivity contribution in [2.24, 2.45) is 0 Å². The molecule has 0 saturated heterocycles. The minimum absolute atomic E-state index is 0.349. The van der Waals surface area contributed by atoms with Gasteiger partial charge >= 0.3 is 0 Å². The molecule has 0 bridgehead atoms. The Morgan fingerprint density at radius 3 is 2.61 bits per heavy atom. The van der Waals surface area contributed by atoms with Crippen molar-refractivity contribution in [1.29, 1.82) is 0 Å². The molecule has 94 valence electrons. The van der Waals surface area contributed by atoms with Gasteiger partial charge in [-0.15, -0.1) is 0 Å². The first-order valence-corrected chi connectivity index (χ1v) is 6.99. The molecule has 2 aromatic carbocycles. The topological polar surface area (TPSA) is 12.0 Å². The quantitative estimate of drug-likeness (QED) is 0.870. The third-order valence-corrected chi connectivity index (χ3v) is 3.70. The van der Waals surface area contributed by atoms with Gasteiger partial charge in [-0.25, -0.2) is 0 Å². The highest BCUT2D eigenvalue weighted by molar-refractivity contribution is 9.10. The van der Waals surface area contributed by atoms with Gasteiger partial charge in [-0.2, -0.15) is 0 Å². The number of aryl methyl sites for hydroxylation is 1. The Labute approximate surface area is 117 Å². The Morgan fingerprint density at radius 2 is 1.89 bits per heavy atom. The van der Waals surface area contributed by atoms with Crippen LogP contribution in [0.4, 0.5) is 0 Å². The van der Waals surface area contributed by atoms with Gasteiger partial charge in [0.25, 0.3) is 0 Å². The first kappa shape index (κ1) is 13.3. The summed E-state index contributed by atoms with van der Waals surface area (Å²) < 4.78 is 1.13. The molecule has 0 aromatic heterocycles. The Bertz CT molecular complexity index is 522. The van der Waals surface area contributed by atoms with E-state index < -0.39 is 0 Å². The molecule has 0 heterocycles. The number of rotatable bonds is 4. The summed E-state index contributed by atoms with van der Waals surface area (Å²) in [5.41, 5.74) is 4.00. The van der Waals surface area contributed by atoms with E-state index in [1.807, 2.05) is 0 Å². The molecule has 1 atom stereocenters. The summed E-state index contributed by atoms with van der Waals surface area (Å²) in [5, 5.41) is 3.56. The van der Waals surface area contributed by atoms with Gasteiger partial charge < -0.3 is 5.32 Å². The normalized spacial score (nSPS) is 12.4. The van der Waals surface area contributed by atoms with Gasteiger partial charge in [-0.05, 0) is 42.7 Å². The van der Waals surface area contributed by atoms with E-state index in [1.165, 1.54) is 16.7 Å². The molecule has 0 amide bonds. The van der Waals surface area contributed by atoms with E-state index in [1.54, 1.807) is 0 Å². The van der Waals surface area contributed by atoms with Crippen molar-refractivity contribution in [1.82, 2.24) is 5.32 Å². The molecule has 2 rings (SSSR count). The lowest BCUT2D eigenvalue weighted by Crippen LogP contribution is -2.18. The first-order chi connectivity index (χ1) is 8.66. The Morgan fingerprint density at radius 1 is 1.11 bits per heavy atom. The van der Waals surface area contributed by atoms with Gasteiger partial charge in [0.15, 0.2) is 0 Å². The van der Waals surface area contributed by atoms with E-state index in [-0.39, 0.29) is 0 Å². The standard InChI is InChI=1S/C16H18BrN/c1-12-6-3-4-7-15(12)11-18-13(2)14-8-5-9-16(17)10-14/h3-10,13,18H,11H2,1-2H3/t13-/m0/s1. The van der Waals surface area contributed by atoms with Crippen molar-refractivity contribution in [2.75, 3.05) is 0 Å². The first-order valence-electron chi connectivity index (χ1n) is 6.20. The second-order valence-electron chi connectivity index (χ2n) is 4.58. The average Bonchev–Trinajstić information content (AvgIpc) is 2.37. The lowest BCUT2D eigenvalue weighted by molar-refractivity contribution is 0.573. The van der Waals surface area contributed by atoms with Gasteiger partial charge in [-0.1, -0.05) is 52.3 Å². The fourth-order valence-electron chi connectivity index (χ4n) is 1.97. The number of nitrogens with one attached hydrogen (secondary N) is 1.